The zero-order valence-electron chi connectivity index (χ0n) is 22.0. The number of rotatable bonds is 6. The summed E-state index contributed by atoms with van der Waals surface area (Å²) in [5.41, 5.74) is 1.10. The molecule has 0 radical (unpaired) electrons. The van der Waals surface area contributed by atoms with Crippen LogP contribution in [0.1, 0.15) is 62.8 Å². The second-order valence-corrected chi connectivity index (χ2v) is 10.5. The number of hydrogen-bond acceptors (Lipinski definition) is 8. The summed E-state index contributed by atoms with van der Waals surface area (Å²) in [5.74, 6) is -1.27. The molecule has 0 saturated heterocycles. The standard InChI is InChI=1S/C27H28F2N8O2/c1-15-11-26(2,3)27(4,24-16(15)10-19(34-35-24)23-17(28)6-5-7-18(23)29)20-8-9-30-25(33-20)37-14-32-21(36-37)12-31-22(39)13-38/h5-10,14-15,38H,11-13H2,1-4H3,(H,31,39)/t15-,27+/m1/s1. The van der Waals surface area contributed by atoms with E-state index >= 15 is 0 Å². The molecule has 2 N–H and O–H groups in total. The van der Waals surface area contributed by atoms with Crippen molar-refractivity contribution >= 4 is 5.91 Å². The van der Waals surface area contributed by atoms with Gasteiger partial charge in [-0.2, -0.15) is 9.78 Å². The van der Waals surface area contributed by atoms with Gasteiger partial charge in [-0.05, 0) is 54.5 Å². The summed E-state index contributed by atoms with van der Waals surface area (Å²) in [5, 5.41) is 24.6. The summed E-state index contributed by atoms with van der Waals surface area (Å²) >= 11 is 0. The fourth-order valence-electron chi connectivity index (χ4n) is 5.35. The number of aliphatic hydroxyl groups excluding tert-OH is 1. The smallest absolute Gasteiger partial charge is 0.252 e. The fraction of sp³-hybridized carbons (Fsp3) is 0.370. The van der Waals surface area contributed by atoms with Crippen LogP contribution in [0.5, 0.6) is 0 Å². The zero-order valence-corrected chi connectivity index (χ0v) is 22.0. The van der Waals surface area contributed by atoms with Crippen molar-refractivity contribution < 1.29 is 18.7 Å². The van der Waals surface area contributed by atoms with Crippen LogP contribution in [0.3, 0.4) is 0 Å². The van der Waals surface area contributed by atoms with E-state index in [2.05, 4.69) is 51.4 Å². The van der Waals surface area contributed by atoms with E-state index in [0.29, 0.717) is 17.2 Å². The number of hydrogen-bond donors (Lipinski definition) is 2. The number of aliphatic hydroxyl groups is 1. The maximum absolute atomic E-state index is 14.5. The third kappa shape index (κ3) is 4.54. The normalized spacial score (nSPS) is 19.9. The zero-order chi connectivity index (χ0) is 27.9. The lowest BCUT2D eigenvalue weighted by Gasteiger charge is -2.49. The minimum absolute atomic E-state index is 0.0443. The highest BCUT2D eigenvalue weighted by Gasteiger charge is 2.52. The summed E-state index contributed by atoms with van der Waals surface area (Å²) in [4.78, 5) is 24.7. The molecule has 0 bridgehead atoms. The van der Waals surface area contributed by atoms with Gasteiger partial charge in [-0.25, -0.2) is 23.7 Å². The highest BCUT2D eigenvalue weighted by atomic mass is 19.1. The molecule has 3 heterocycles. The van der Waals surface area contributed by atoms with E-state index in [1.807, 2.05) is 13.0 Å². The minimum atomic E-state index is -0.732. The summed E-state index contributed by atoms with van der Waals surface area (Å²) in [6.07, 6.45) is 3.83. The van der Waals surface area contributed by atoms with Crippen molar-refractivity contribution in [2.24, 2.45) is 5.41 Å². The predicted octanol–water partition coefficient (Wildman–Crippen LogP) is 3.24. The van der Waals surface area contributed by atoms with Gasteiger partial charge in [-0.1, -0.05) is 26.8 Å². The summed E-state index contributed by atoms with van der Waals surface area (Å²) in [6.45, 7) is 7.80. The number of halogens is 2. The maximum atomic E-state index is 14.5. The molecule has 1 aliphatic rings. The Morgan fingerprint density at radius 3 is 2.62 bits per heavy atom. The number of amides is 1. The summed E-state index contributed by atoms with van der Waals surface area (Å²) in [6, 6.07) is 7.27. The first-order chi connectivity index (χ1) is 18.5. The summed E-state index contributed by atoms with van der Waals surface area (Å²) < 4.78 is 30.5. The number of carbonyl (C=O) groups excluding carboxylic acids is 1. The molecule has 3 aromatic heterocycles. The summed E-state index contributed by atoms with van der Waals surface area (Å²) in [7, 11) is 0. The lowest BCUT2D eigenvalue weighted by molar-refractivity contribution is -0.124. The van der Waals surface area contributed by atoms with E-state index in [0.717, 1.165) is 12.0 Å². The van der Waals surface area contributed by atoms with Gasteiger partial charge in [-0.3, -0.25) is 4.79 Å². The van der Waals surface area contributed by atoms with Crippen molar-refractivity contribution in [1.29, 1.82) is 0 Å². The quantitative estimate of drug-likeness (QED) is 0.385. The molecule has 5 rings (SSSR count). The van der Waals surface area contributed by atoms with Crippen molar-refractivity contribution in [2.45, 2.75) is 52.0 Å². The average molecular weight is 535 g/mol. The molecule has 1 aromatic carbocycles. The van der Waals surface area contributed by atoms with Gasteiger partial charge in [0, 0.05) is 6.20 Å². The molecule has 202 valence electrons. The lowest BCUT2D eigenvalue weighted by Crippen LogP contribution is -2.47. The van der Waals surface area contributed by atoms with E-state index in [9.17, 15) is 13.6 Å². The van der Waals surface area contributed by atoms with Gasteiger partial charge in [0.15, 0.2) is 5.82 Å². The number of carbonyl (C=O) groups is 1. The SMILES string of the molecule is C[C@@H]1CC(C)(C)[C@@](C)(c2ccnc(-n3cnc(CNC(=O)CO)n3)n2)c2nnc(-c3c(F)cccc3F)cc21. The van der Waals surface area contributed by atoms with Gasteiger partial charge in [0.2, 0.25) is 5.91 Å². The number of benzene rings is 1. The Morgan fingerprint density at radius 2 is 1.90 bits per heavy atom. The van der Waals surface area contributed by atoms with E-state index < -0.39 is 29.6 Å². The van der Waals surface area contributed by atoms with Crippen molar-refractivity contribution in [3.63, 3.8) is 0 Å². The molecule has 4 aromatic rings. The van der Waals surface area contributed by atoms with Crippen molar-refractivity contribution in [3.8, 4) is 17.2 Å². The first-order valence-corrected chi connectivity index (χ1v) is 12.5. The topological polar surface area (TPSA) is 132 Å². The van der Waals surface area contributed by atoms with E-state index in [-0.39, 0.29) is 35.1 Å². The van der Waals surface area contributed by atoms with Crippen LogP contribution in [0.25, 0.3) is 17.2 Å². The number of aromatic nitrogens is 7. The minimum Gasteiger partial charge on any atom is -0.387 e. The molecule has 10 nitrogen and oxygen atoms in total. The molecule has 12 heteroatoms. The number of fused-ring (bicyclic) bond motifs is 1. The molecule has 0 unspecified atom stereocenters. The Balaban J connectivity index is 1.57. The third-order valence-electron chi connectivity index (χ3n) is 7.70. The maximum Gasteiger partial charge on any atom is 0.252 e. The first-order valence-electron chi connectivity index (χ1n) is 12.5. The Labute approximate surface area is 223 Å². The van der Waals surface area contributed by atoms with Crippen molar-refractivity contribution in [3.05, 3.63) is 77.3 Å². The average Bonchev–Trinajstić information content (AvgIpc) is 3.39. The van der Waals surface area contributed by atoms with Gasteiger partial charge >= 0.3 is 0 Å². The molecular weight excluding hydrogens is 506 g/mol. The van der Waals surface area contributed by atoms with Gasteiger partial charge in [-0.15, -0.1) is 10.2 Å². The van der Waals surface area contributed by atoms with Gasteiger partial charge in [0.05, 0.1) is 34.6 Å². The molecule has 1 aliphatic carbocycles. The van der Waals surface area contributed by atoms with Crippen LogP contribution >= 0.6 is 0 Å². The Kier molecular flexibility index (Phi) is 6.67. The van der Waals surface area contributed by atoms with E-state index in [1.54, 1.807) is 12.3 Å². The molecule has 0 aliphatic heterocycles. The Bertz CT molecular complexity index is 1540. The molecule has 0 saturated carbocycles. The Hall–Kier alpha value is -4.19. The second kappa shape index (κ2) is 9.84. The van der Waals surface area contributed by atoms with Gasteiger partial charge in [0.1, 0.15) is 24.6 Å². The van der Waals surface area contributed by atoms with Gasteiger partial charge < -0.3 is 10.4 Å². The van der Waals surface area contributed by atoms with Crippen LogP contribution in [0.2, 0.25) is 0 Å². The molecule has 0 fully saturated rings. The molecule has 39 heavy (non-hydrogen) atoms. The number of nitrogens with one attached hydrogen (secondary N) is 1. The van der Waals surface area contributed by atoms with Crippen LogP contribution in [-0.4, -0.2) is 52.6 Å². The third-order valence-corrected chi connectivity index (χ3v) is 7.70. The molecule has 1 amide bonds. The van der Waals surface area contributed by atoms with Crippen LogP contribution in [0.15, 0.2) is 42.9 Å². The largest absolute Gasteiger partial charge is 0.387 e. The molecule has 2 atom stereocenters. The Morgan fingerprint density at radius 1 is 1.15 bits per heavy atom. The van der Waals surface area contributed by atoms with Crippen LogP contribution in [0.4, 0.5) is 8.78 Å². The monoisotopic (exact) mass is 534 g/mol. The fourth-order valence-corrected chi connectivity index (χ4v) is 5.35. The van der Waals surface area contributed by atoms with E-state index in [4.69, 9.17) is 10.1 Å². The highest BCUT2D eigenvalue weighted by molar-refractivity contribution is 5.76. The van der Waals surface area contributed by atoms with Crippen molar-refractivity contribution in [1.82, 2.24) is 40.2 Å². The molecule has 0 spiro atoms. The van der Waals surface area contributed by atoms with Crippen LogP contribution < -0.4 is 5.32 Å². The number of nitrogens with zero attached hydrogens (tertiary/aromatic N) is 7. The van der Waals surface area contributed by atoms with Crippen LogP contribution in [0, 0.1) is 17.0 Å². The second-order valence-electron chi connectivity index (χ2n) is 10.5. The van der Waals surface area contributed by atoms with Crippen molar-refractivity contribution in [2.75, 3.05) is 6.61 Å². The lowest BCUT2D eigenvalue weighted by atomic mass is 9.54. The molecular formula is C27H28F2N8O2. The predicted molar refractivity (Wildman–Crippen MR) is 137 cm³/mol. The van der Waals surface area contributed by atoms with E-state index in [1.165, 1.54) is 29.2 Å². The van der Waals surface area contributed by atoms with Crippen LogP contribution in [-0.2, 0) is 16.8 Å². The first kappa shape index (κ1) is 26.4. The van der Waals surface area contributed by atoms with Gasteiger partial charge in [0.25, 0.3) is 5.95 Å². The highest BCUT2D eigenvalue weighted by Crippen LogP contribution is 2.56.